The Morgan fingerprint density at radius 3 is 2.14 bits per heavy atom. The molecule has 0 spiro atoms. The molecule has 0 heterocycles. The fraction of sp³-hybridized carbons (Fsp3) is 1.00. The molecule has 0 aromatic heterocycles. The monoisotopic (exact) mass is 202 g/mol. The third-order valence-corrected chi connectivity index (χ3v) is 2.12. The first-order valence-electron chi connectivity index (χ1n) is 5.54. The molecular weight excluding hydrogens is 176 g/mol. The minimum atomic E-state index is 0.302. The van der Waals surface area contributed by atoms with Crippen molar-refractivity contribution in [2.75, 3.05) is 46.9 Å². The van der Waals surface area contributed by atoms with Gasteiger partial charge in [0.1, 0.15) is 0 Å². The van der Waals surface area contributed by atoms with Crippen LogP contribution in [0.3, 0.4) is 0 Å². The van der Waals surface area contributed by atoms with Crippen molar-refractivity contribution in [3.63, 3.8) is 0 Å². The summed E-state index contributed by atoms with van der Waals surface area (Å²) in [6.45, 7) is 9.12. The highest BCUT2D eigenvalue weighted by molar-refractivity contribution is 4.61. The van der Waals surface area contributed by atoms with Crippen LogP contribution in [0.5, 0.6) is 0 Å². The van der Waals surface area contributed by atoms with Crippen LogP contribution in [-0.2, 0) is 0 Å². The lowest BCUT2D eigenvalue weighted by atomic mass is 10.2. The van der Waals surface area contributed by atoms with E-state index in [9.17, 15) is 0 Å². The smallest absolute Gasteiger partial charge is 0.0443 e. The summed E-state index contributed by atoms with van der Waals surface area (Å²) in [6.07, 6.45) is 0.889. The Bertz CT molecular complexity index is 126. The molecule has 3 heteroatoms. The van der Waals surface area contributed by atoms with E-state index >= 15 is 0 Å². The summed E-state index contributed by atoms with van der Waals surface area (Å²) in [7, 11) is 4.19. The molecular formula is C11H26N2O. The molecule has 0 radical (unpaired) electrons. The van der Waals surface area contributed by atoms with Gasteiger partial charge >= 0.3 is 0 Å². The minimum absolute atomic E-state index is 0.302. The van der Waals surface area contributed by atoms with E-state index in [1.165, 1.54) is 0 Å². The van der Waals surface area contributed by atoms with Crippen molar-refractivity contribution in [3.05, 3.63) is 0 Å². The van der Waals surface area contributed by atoms with Crippen LogP contribution in [0.4, 0.5) is 0 Å². The van der Waals surface area contributed by atoms with Crippen molar-refractivity contribution in [2.45, 2.75) is 20.3 Å². The zero-order valence-corrected chi connectivity index (χ0v) is 10.2. The van der Waals surface area contributed by atoms with Crippen molar-refractivity contribution in [1.82, 2.24) is 9.80 Å². The van der Waals surface area contributed by atoms with E-state index in [1.807, 2.05) is 0 Å². The van der Waals surface area contributed by atoms with E-state index < -0.39 is 0 Å². The second kappa shape index (κ2) is 8.21. The quantitative estimate of drug-likeness (QED) is 0.633. The SMILES string of the molecule is CC(C)CN(CCCO)CCN(C)C. The highest BCUT2D eigenvalue weighted by atomic mass is 16.3. The normalized spacial score (nSPS) is 12.0. The van der Waals surface area contributed by atoms with Crippen molar-refractivity contribution in [2.24, 2.45) is 5.92 Å². The number of nitrogens with zero attached hydrogens (tertiary/aromatic N) is 2. The summed E-state index contributed by atoms with van der Waals surface area (Å²) >= 11 is 0. The minimum Gasteiger partial charge on any atom is -0.396 e. The highest BCUT2D eigenvalue weighted by Crippen LogP contribution is 1.99. The van der Waals surface area contributed by atoms with Crippen LogP contribution in [0.25, 0.3) is 0 Å². The van der Waals surface area contributed by atoms with Gasteiger partial charge < -0.3 is 14.9 Å². The fourth-order valence-electron chi connectivity index (χ4n) is 1.45. The molecule has 0 rings (SSSR count). The molecule has 0 aromatic carbocycles. The van der Waals surface area contributed by atoms with Gasteiger partial charge in [-0.25, -0.2) is 0 Å². The van der Waals surface area contributed by atoms with Gasteiger partial charge in [0.05, 0.1) is 0 Å². The van der Waals surface area contributed by atoms with Crippen LogP contribution in [0, 0.1) is 5.92 Å². The zero-order valence-electron chi connectivity index (χ0n) is 10.2. The standard InChI is InChI=1S/C11H26N2O/c1-11(2)10-13(6-5-9-14)8-7-12(3)4/h11,14H,5-10H2,1-4H3. The predicted molar refractivity (Wildman–Crippen MR) is 61.5 cm³/mol. The van der Waals surface area contributed by atoms with E-state index in [4.69, 9.17) is 5.11 Å². The second-order valence-corrected chi connectivity index (χ2v) is 4.57. The lowest BCUT2D eigenvalue weighted by molar-refractivity contribution is 0.193. The summed E-state index contributed by atoms with van der Waals surface area (Å²) in [5.41, 5.74) is 0. The first-order chi connectivity index (χ1) is 6.56. The predicted octanol–water partition coefficient (Wildman–Crippen LogP) is 0.888. The average molecular weight is 202 g/mol. The molecule has 0 fully saturated rings. The van der Waals surface area contributed by atoms with Gasteiger partial charge in [0.2, 0.25) is 0 Å². The van der Waals surface area contributed by atoms with Gasteiger partial charge in [0.15, 0.2) is 0 Å². The van der Waals surface area contributed by atoms with Crippen LogP contribution in [0.1, 0.15) is 20.3 Å². The van der Waals surface area contributed by atoms with E-state index in [0.717, 1.165) is 32.6 Å². The molecule has 0 aliphatic rings. The Hall–Kier alpha value is -0.120. The van der Waals surface area contributed by atoms with Crippen LogP contribution in [0.2, 0.25) is 0 Å². The van der Waals surface area contributed by atoms with Gasteiger partial charge in [-0.1, -0.05) is 13.8 Å². The Labute approximate surface area is 88.7 Å². The molecule has 0 bridgehead atoms. The van der Waals surface area contributed by atoms with Gasteiger partial charge in [-0.3, -0.25) is 0 Å². The van der Waals surface area contributed by atoms with Crippen molar-refractivity contribution in [1.29, 1.82) is 0 Å². The fourth-order valence-corrected chi connectivity index (χ4v) is 1.45. The molecule has 0 saturated carbocycles. The van der Waals surface area contributed by atoms with Gasteiger partial charge in [0, 0.05) is 32.8 Å². The number of aliphatic hydroxyl groups excluding tert-OH is 1. The van der Waals surface area contributed by atoms with E-state index in [-0.39, 0.29) is 0 Å². The second-order valence-electron chi connectivity index (χ2n) is 4.57. The molecule has 0 aliphatic carbocycles. The number of hydrogen-bond acceptors (Lipinski definition) is 3. The lowest BCUT2D eigenvalue weighted by Gasteiger charge is -2.25. The van der Waals surface area contributed by atoms with E-state index in [2.05, 4.69) is 37.7 Å². The molecule has 0 amide bonds. The van der Waals surface area contributed by atoms with Gasteiger partial charge in [-0.15, -0.1) is 0 Å². The largest absolute Gasteiger partial charge is 0.396 e. The van der Waals surface area contributed by atoms with Crippen molar-refractivity contribution < 1.29 is 5.11 Å². The first kappa shape index (κ1) is 13.9. The molecule has 86 valence electrons. The molecule has 0 saturated heterocycles. The lowest BCUT2D eigenvalue weighted by Crippen LogP contribution is -2.35. The van der Waals surface area contributed by atoms with Crippen LogP contribution >= 0.6 is 0 Å². The average Bonchev–Trinajstić information content (AvgIpc) is 2.09. The third-order valence-electron chi connectivity index (χ3n) is 2.12. The Morgan fingerprint density at radius 1 is 1.07 bits per heavy atom. The summed E-state index contributed by atoms with van der Waals surface area (Å²) in [4.78, 5) is 4.63. The van der Waals surface area contributed by atoms with Crippen LogP contribution in [-0.4, -0.2) is 61.8 Å². The topological polar surface area (TPSA) is 26.7 Å². The summed E-state index contributed by atoms with van der Waals surface area (Å²) in [6, 6.07) is 0. The van der Waals surface area contributed by atoms with Gasteiger partial charge in [-0.2, -0.15) is 0 Å². The number of likely N-dealkylation sites (N-methyl/N-ethyl adjacent to an activating group) is 1. The maximum absolute atomic E-state index is 8.79. The first-order valence-corrected chi connectivity index (χ1v) is 5.54. The molecule has 14 heavy (non-hydrogen) atoms. The van der Waals surface area contributed by atoms with Crippen LogP contribution < -0.4 is 0 Å². The maximum Gasteiger partial charge on any atom is 0.0443 e. The third kappa shape index (κ3) is 8.48. The highest BCUT2D eigenvalue weighted by Gasteiger charge is 2.06. The molecule has 0 unspecified atom stereocenters. The molecule has 0 aliphatic heterocycles. The molecule has 3 nitrogen and oxygen atoms in total. The van der Waals surface area contributed by atoms with Gasteiger partial charge in [-0.05, 0) is 26.4 Å². The van der Waals surface area contributed by atoms with Crippen LogP contribution in [0.15, 0.2) is 0 Å². The number of aliphatic hydroxyl groups is 1. The Kier molecular flexibility index (Phi) is 8.14. The van der Waals surface area contributed by atoms with Gasteiger partial charge in [0.25, 0.3) is 0 Å². The molecule has 0 atom stereocenters. The van der Waals surface area contributed by atoms with Crippen molar-refractivity contribution >= 4 is 0 Å². The zero-order chi connectivity index (χ0) is 11.0. The number of rotatable bonds is 8. The van der Waals surface area contributed by atoms with E-state index in [0.29, 0.717) is 12.5 Å². The van der Waals surface area contributed by atoms with Crippen molar-refractivity contribution in [3.8, 4) is 0 Å². The number of hydrogen-bond donors (Lipinski definition) is 1. The Balaban J connectivity index is 3.72. The summed E-state index contributed by atoms with van der Waals surface area (Å²) in [5.74, 6) is 0.704. The summed E-state index contributed by atoms with van der Waals surface area (Å²) in [5, 5.41) is 8.79. The summed E-state index contributed by atoms with van der Waals surface area (Å²) < 4.78 is 0. The maximum atomic E-state index is 8.79. The Morgan fingerprint density at radius 2 is 1.71 bits per heavy atom. The molecule has 1 N–H and O–H groups in total. The molecule has 0 aromatic rings. The van der Waals surface area contributed by atoms with E-state index in [1.54, 1.807) is 0 Å².